The molecule has 0 aromatic rings. The molecule has 0 saturated carbocycles. The lowest BCUT2D eigenvalue weighted by Crippen LogP contribution is -2.09. The van der Waals surface area contributed by atoms with Gasteiger partial charge in [0.1, 0.15) is 13.2 Å². The van der Waals surface area contributed by atoms with Crippen LogP contribution in [-0.4, -0.2) is 52.6 Å². The second-order valence-corrected chi connectivity index (χ2v) is 5.05. The molecule has 0 atom stereocenters. The van der Waals surface area contributed by atoms with Crippen molar-refractivity contribution in [3.63, 3.8) is 0 Å². The molecular formula is C16H30O6. The Hall–Kier alpha value is -1.14. The highest BCUT2D eigenvalue weighted by molar-refractivity contribution is 5.69. The summed E-state index contributed by atoms with van der Waals surface area (Å²) in [6, 6.07) is 0. The number of carbonyl (C=O) groups excluding carboxylic acids is 2. The molecule has 130 valence electrons. The summed E-state index contributed by atoms with van der Waals surface area (Å²) in [6.45, 7) is 1.55. The van der Waals surface area contributed by atoms with Crippen LogP contribution in [0.5, 0.6) is 0 Å². The van der Waals surface area contributed by atoms with Crippen LogP contribution in [0, 0.1) is 0 Å². The van der Waals surface area contributed by atoms with E-state index in [9.17, 15) is 9.59 Å². The molecule has 6 nitrogen and oxygen atoms in total. The van der Waals surface area contributed by atoms with E-state index in [4.69, 9.17) is 18.9 Å². The molecule has 0 amide bonds. The Bertz CT molecular complexity index is 252. The van der Waals surface area contributed by atoms with Crippen molar-refractivity contribution in [1.82, 2.24) is 0 Å². The second-order valence-electron chi connectivity index (χ2n) is 5.05. The van der Waals surface area contributed by atoms with Gasteiger partial charge in [0.15, 0.2) is 0 Å². The van der Waals surface area contributed by atoms with Crippen LogP contribution >= 0.6 is 0 Å². The van der Waals surface area contributed by atoms with Crippen molar-refractivity contribution in [3.8, 4) is 0 Å². The van der Waals surface area contributed by atoms with E-state index >= 15 is 0 Å². The topological polar surface area (TPSA) is 71.1 Å². The summed E-state index contributed by atoms with van der Waals surface area (Å²) in [5.74, 6) is -0.313. The van der Waals surface area contributed by atoms with Gasteiger partial charge in [-0.25, -0.2) is 0 Å². The van der Waals surface area contributed by atoms with Gasteiger partial charge in [-0.1, -0.05) is 25.7 Å². The SMILES string of the molecule is COCCOC(=O)CCCCCCCCC(=O)OCCOC. The standard InChI is InChI=1S/C16H30O6/c1-19-11-13-21-15(17)9-7-5-3-4-6-8-10-16(18)22-14-12-20-2/h3-14H2,1-2H3. The number of hydrogen-bond donors (Lipinski definition) is 0. The monoisotopic (exact) mass is 318 g/mol. The first kappa shape index (κ1) is 20.9. The molecule has 0 fully saturated rings. The van der Waals surface area contributed by atoms with Crippen LogP contribution in [0.25, 0.3) is 0 Å². The highest BCUT2D eigenvalue weighted by atomic mass is 16.6. The molecule has 0 unspecified atom stereocenters. The largest absolute Gasteiger partial charge is 0.463 e. The van der Waals surface area contributed by atoms with E-state index in [1.807, 2.05) is 0 Å². The maximum atomic E-state index is 11.3. The number of carbonyl (C=O) groups is 2. The summed E-state index contributed by atoms with van der Waals surface area (Å²) in [5, 5.41) is 0. The van der Waals surface area contributed by atoms with Gasteiger partial charge in [0, 0.05) is 27.1 Å². The summed E-state index contributed by atoms with van der Waals surface area (Å²) < 4.78 is 19.5. The molecule has 0 aliphatic carbocycles. The van der Waals surface area contributed by atoms with Gasteiger partial charge in [-0.3, -0.25) is 9.59 Å². The summed E-state index contributed by atoms with van der Waals surface area (Å²) in [5.41, 5.74) is 0. The zero-order valence-electron chi connectivity index (χ0n) is 13.9. The lowest BCUT2D eigenvalue weighted by Gasteiger charge is -2.05. The van der Waals surface area contributed by atoms with Gasteiger partial charge in [-0.2, -0.15) is 0 Å². The van der Waals surface area contributed by atoms with Gasteiger partial charge in [-0.05, 0) is 12.8 Å². The maximum absolute atomic E-state index is 11.3. The molecule has 0 aliphatic rings. The molecule has 0 spiro atoms. The number of methoxy groups -OCH3 is 2. The van der Waals surface area contributed by atoms with Crippen LogP contribution in [0.15, 0.2) is 0 Å². The molecule has 0 rings (SSSR count). The minimum absolute atomic E-state index is 0.157. The Balaban J connectivity index is 3.23. The third-order valence-electron chi connectivity index (χ3n) is 3.11. The normalized spacial score (nSPS) is 10.5. The molecule has 0 aromatic heterocycles. The molecule has 0 aliphatic heterocycles. The molecule has 0 heterocycles. The fourth-order valence-corrected chi connectivity index (χ4v) is 1.87. The minimum atomic E-state index is -0.157. The van der Waals surface area contributed by atoms with Crippen LogP contribution in [-0.2, 0) is 28.5 Å². The third-order valence-corrected chi connectivity index (χ3v) is 3.11. The summed E-state index contributed by atoms with van der Waals surface area (Å²) in [7, 11) is 3.15. The Morgan fingerprint density at radius 1 is 0.591 bits per heavy atom. The van der Waals surface area contributed by atoms with Crippen LogP contribution in [0.2, 0.25) is 0 Å². The quantitative estimate of drug-likeness (QED) is 0.341. The third kappa shape index (κ3) is 15.3. The predicted molar refractivity (Wildman–Crippen MR) is 82.6 cm³/mol. The Kier molecular flexibility index (Phi) is 15.4. The zero-order chi connectivity index (χ0) is 16.5. The summed E-state index contributed by atoms with van der Waals surface area (Å²) >= 11 is 0. The van der Waals surface area contributed by atoms with Gasteiger partial charge >= 0.3 is 11.9 Å². The van der Waals surface area contributed by atoms with Crippen LogP contribution < -0.4 is 0 Å². The minimum Gasteiger partial charge on any atom is -0.463 e. The lowest BCUT2D eigenvalue weighted by atomic mass is 10.1. The van der Waals surface area contributed by atoms with Crippen molar-refractivity contribution in [2.24, 2.45) is 0 Å². The molecule has 0 saturated heterocycles. The highest BCUT2D eigenvalue weighted by Gasteiger charge is 2.03. The van der Waals surface area contributed by atoms with E-state index in [0.29, 0.717) is 39.3 Å². The summed E-state index contributed by atoms with van der Waals surface area (Å²) in [4.78, 5) is 22.6. The molecular weight excluding hydrogens is 288 g/mol. The fourth-order valence-electron chi connectivity index (χ4n) is 1.87. The number of hydrogen-bond acceptors (Lipinski definition) is 6. The highest BCUT2D eigenvalue weighted by Crippen LogP contribution is 2.09. The van der Waals surface area contributed by atoms with E-state index in [1.54, 1.807) is 14.2 Å². The van der Waals surface area contributed by atoms with E-state index < -0.39 is 0 Å². The van der Waals surface area contributed by atoms with Gasteiger partial charge in [0.2, 0.25) is 0 Å². The average molecular weight is 318 g/mol. The van der Waals surface area contributed by atoms with Crippen molar-refractivity contribution >= 4 is 11.9 Å². The van der Waals surface area contributed by atoms with Gasteiger partial charge in [0.05, 0.1) is 13.2 Å². The number of unbranched alkanes of at least 4 members (excludes halogenated alkanes) is 5. The predicted octanol–water partition coefficient (Wildman–Crippen LogP) is 2.49. The number of rotatable bonds is 15. The lowest BCUT2D eigenvalue weighted by molar-refractivity contribution is -0.146. The van der Waals surface area contributed by atoms with Gasteiger partial charge in [-0.15, -0.1) is 0 Å². The van der Waals surface area contributed by atoms with E-state index in [0.717, 1.165) is 38.5 Å². The van der Waals surface area contributed by atoms with Crippen molar-refractivity contribution in [2.75, 3.05) is 40.6 Å². The average Bonchev–Trinajstić information content (AvgIpc) is 2.50. The van der Waals surface area contributed by atoms with Crippen molar-refractivity contribution in [1.29, 1.82) is 0 Å². The van der Waals surface area contributed by atoms with Crippen LogP contribution in [0.1, 0.15) is 51.4 Å². The first-order chi connectivity index (χ1) is 10.7. The van der Waals surface area contributed by atoms with Crippen LogP contribution in [0.3, 0.4) is 0 Å². The molecule has 0 radical (unpaired) electrons. The summed E-state index contributed by atoms with van der Waals surface area (Å²) in [6.07, 6.45) is 6.81. The number of ether oxygens (including phenoxy) is 4. The first-order valence-electron chi connectivity index (χ1n) is 7.99. The van der Waals surface area contributed by atoms with E-state index in [1.165, 1.54) is 0 Å². The first-order valence-corrected chi connectivity index (χ1v) is 7.99. The molecule has 0 bridgehead atoms. The molecule has 22 heavy (non-hydrogen) atoms. The van der Waals surface area contributed by atoms with Gasteiger partial charge < -0.3 is 18.9 Å². The van der Waals surface area contributed by atoms with Crippen molar-refractivity contribution < 1.29 is 28.5 Å². The Morgan fingerprint density at radius 2 is 0.955 bits per heavy atom. The number of esters is 2. The van der Waals surface area contributed by atoms with Crippen LogP contribution in [0.4, 0.5) is 0 Å². The fraction of sp³-hybridized carbons (Fsp3) is 0.875. The smallest absolute Gasteiger partial charge is 0.305 e. The molecule has 6 heteroatoms. The van der Waals surface area contributed by atoms with Crippen molar-refractivity contribution in [2.45, 2.75) is 51.4 Å². The second kappa shape index (κ2) is 16.2. The van der Waals surface area contributed by atoms with E-state index in [2.05, 4.69) is 0 Å². The van der Waals surface area contributed by atoms with Crippen molar-refractivity contribution in [3.05, 3.63) is 0 Å². The molecule has 0 N–H and O–H groups in total. The zero-order valence-corrected chi connectivity index (χ0v) is 13.9. The maximum Gasteiger partial charge on any atom is 0.305 e. The Labute approximate surface area is 133 Å². The van der Waals surface area contributed by atoms with Gasteiger partial charge in [0.25, 0.3) is 0 Å². The van der Waals surface area contributed by atoms with E-state index in [-0.39, 0.29) is 11.9 Å². The Morgan fingerprint density at radius 3 is 1.32 bits per heavy atom. The molecule has 0 aromatic carbocycles.